The quantitative estimate of drug-likeness (QED) is 0.118. The Kier molecular flexibility index (Phi) is 5.14. The summed E-state index contributed by atoms with van der Waals surface area (Å²) in [4.78, 5) is 53.8. The lowest BCUT2D eigenvalue weighted by Crippen LogP contribution is -2.72. The number of aliphatic carboxylic acids is 1. The lowest BCUT2D eigenvalue weighted by molar-refractivity contribution is -0.155. The normalized spacial score (nSPS) is 24.7. The number of fused-ring (bicyclic) bond motifs is 1. The Labute approximate surface area is 178 Å². The number of carbonyl (C=O) groups excluding carboxylic acids is 3. The molecule has 2 atom stereocenters. The largest absolute Gasteiger partial charge is 0.477 e. The van der Waals surface area contributed by atoms with E-state index >= 15 is 0 Å². The minimum atomic E-state index is -1.30. The first-order chi connectivity index (χ1) is 14.8. The van der Waals surface area contributed by atoms with E-state index in [1.807, 2.05) is 0 Å². The van der Waals surface area contributed by atoms with Gasteiger partial charge >= 0.3 is 5.97 Å². The van der Waals surface area contributed by atoms with E-state index in [2.05, 4.69) is 25.1 Å². The van der Waals surface area contributed by atoms with E-state index in [0.29, 0.717) is 37.0 Å². The molecule has 13 nitrogen and oxygen atoms in total. The minimum Gasteiger partial charge on any atom is -0.477 e. The molecule has 2 unspecified atom stereocenters. The van der Waals surface area contributed by atoms with Crippen LogP contribution in [0.15, 0.2) is 28.1 Å². The molecule has 4 heterocycles. The van der Waals surface area contributed by atoms with E-state index in [1.165, 1.54) is 6.08 Å². The topological polar surface area (TPSA) is 200 Å². The van der Waals surface area contributed by atoms with Crippen molar-refractivity contribution in [3.8, 4) is 0 Å². The number of nitrogens with two attached hydrogens (primary N) is 1. The molecule has 3 amide bonds. The number of aromatic nitrogens is 2. The standard InChI is InChI=1S/C17H17N7O6S/c18-17-21-12(23-31-17)10(22-30)14(26)20-9-8-2-1-6(5-7-3-4-19-13(7)25)11(16(28)29)24(8)15(9)27/h5,8-9,30H,1-4H2,(H,19,25)(H,20,26)(H,28,29)(H2,18,21,23)/b7-5+,22-10+. The first-order valence-electron chi connectivity index (χ1n) is 9.22. The molecule has 2 fully saturated rings. The number of hydrogen-bond acceptors (Lipinski definition) is 10. The monoisotopic (exact) mass is 447 g/mol. The van der Waals surface area contributed by atoms with Gasteiger partial charge in [-0.05, 0) is 30.9 Å². The maximum atomic E-state index is 12.7. The van der Waals surface area contributed by atoms with E-state index in [4.69, 9.17) is 10.9 Å². The summed E-state index contributed by atoms with van der Waals surface area (Å²) in [5.74, 6) is -3.26. The molecule has 162 valence electrons. The van der Waals surface area contributed by atoms with Gasteiger partial charge in [-0.2, -0.15) is 9.36 Å². The van der Waals surface area contributed by atoms with Crippen LogP contribution in [-0.4, -0.2) is 72.6 Å². The fraction of sp³-hybridized carbons (Fsp3) is 0.353. The smallest absolute Gasteiger partial charge is 0.352 e. The van der Waals surface area contributed by atoms with E-state index < -0.39 is 35.6 Å². The maximum absolute atomic E-state index is 12.7. The van der Waals surface area contributed by atoms with Gasteiger partial charge in [0, 0.05) is 23.7 Å². The van der Waals surface area contributed by atoms with Crippen LogP contribution in [0.3, 0.4) is 0 Å². The van der Waals surface area contributed by atoms with Gasteiger partial charge in [-0.15, -0.1) is 0 Å². The number of rotatable bonds is 5. The Morgan fingerprint density at radius 2 is 2.13 bits per heavy atom. The second-order valence-corrected chi connectivity index (χ2v) is 7.81. The highest BCUT2D eigenvalue weighted by molar-refractivity contribution is 7.09. The van der Waals surface area contributed by atoms with E-state index in [9.17, 15) is 24.3 Å². The predicted molar refractivity (Wildman–Crippen MR) is 105 cm³/mol. The first-order valence-corrected chi connectivity index (χ1v) is 10.00. The van der Waals surface area contributed by atoms with Gasteiger partial charge in [0.15, 0.2) is 5.13 Å². The molecule has 4 rings (SSSR count). The molecule has 0 aromatic carbocycles. The molecule has 31 heavy (non-hydrogen) atoms. The number of nitrogens with one attached hydrogen (secondary N) is 2. The number of hydrogen-bond donors (Lipinski definition) is 5. The van der Waals surface area contributed by atoms with Crippen LogP contribution in [0, 0.1) is 0 Å². The Morgan fingerprint density at radius 1 is 1.35 bits per heavy atom. The van der Waals surface area contributed by atoms with Gasteiger partial charge in [0.2, 0.25) is 17.4 Å². The van der Waals surface area contributed by atoms with Crippen molar-refractivity contribution >= 4 is 46.1 Å². The molecular formula is C17H17N7O6S. The van der Waals surface area contributed by atoms with Crippen molar-refractivity contribution in [2.75, 3.05) is 12.3 Å². The number of amides is 3. The van der Waals surface area contributed by atoms with Crippen molar-refractivity contribution in [2.24, 2.45) is 5.16 Å². The van der Waals surface area contributed by atoms with Crippen LogP contribution in [0.25, 0.3) is 0 Å². The van der Waals surface area contributed by atoms with Crippen molar-refractivity contribution in [2.45, 2.75) is 31.3 Å². The van der Waals surface area contributed by atoms with Gasteiger partial charge in [-0.3, -0.25) is 19.3 Å². The van der Waals surface area contributed by atoms with Crippen molar-refractivity contribution in [1.82, 2.24) is 24.9 Å². The van der Waals surface area contributed by atoms with Gasteiger partial charge in [0.1, 0.15) is 11.7 Å². The fourth-order valence-corrected chi connectivity index (χ4v) is 4.28. The number of nitrogen functional groups attached to an aromatic ring is 1. The Hall–Kier alpha value is -3.81. The molecule has 1 aromatic heterocycles. The number of nitrogens with zero attached hydrogens (tertiary/aromatic N) is 4. The highest BCUT2D eigenvalue weighted by Crippen LogP contribution is 2.37. The van der Waals surface area contributed by atoms with Gasteiger partial charge in [-0.1, -0.05) is 5.16 Å². The molecule has 1 aromatic rings. The van der Waals surface area contributed by atoms with Crippen LogP contribution in [0.2, 0.25) is 0 Å². The fourth-order valence-electron chi connectivity index (χ4n) is 3.85. The molecule has 0 aliphatic carbocycles. The average Bonchev–Trinajstić information content (AvgIpc) is 3.34. The highest BCUT2D eigenvalue weighted by atomic mass is 32.1. The molecule has 0 radical (unpaired) electrons. The number of carboxylic acid groups (broad SMARTS) is 1. The lowest BCUT2D eigenvalue weighted by atomic mass is 9.83. The van der Waals surface area contributed by atoms with E-state index in [0.717, 1.165) is 16.4 Å². The zero-order valence-corrected chi connectivity index (χ0v) is 16.7. The second-order valence-electron chi connectivity index (χ2n) is 7.02. The van der Waals surface area contributed by atoms with Crippen LogP contribution in [0.1, 0.15) is 25.1 Å². The molecular weight excluding hydrogens is 430 g/mol. The van der Waals surface area contributed by atoms with Crippen LogP contribution >= 0.6 is 11.5 Å². The number of carboxylic acids is 1. The van der Waals surface area contributed by atoms with Gasteiger partial charge in [0.05, 0.1) is 6.04 Å². The third-order valence-corrected chi connectivity index (χ3v) is 5.79. The third kappa shape index (κ3) is 3.50. The van der Waals surface area contributed by atoms with Crippen molar-refractivity contribution in [3.05, 3.63) is 28.7 Å². The zero-order chi connectivity index (χ0) is 22.3. The van der Waals surface area contributed by atoms with Crippen LogP contribution in [0.5, 0.6) is 0 Å². The van der Waals surface area contributed by atoms with Crippen LogP contribution in [-0.2, 0) is 19.2 Å². The summed E-state index contributed by atoms with van der Waals surface area (Å²) < 4.78 is 3.79. The Balaban J connectivity index is 1.54. The number of oxime groups is 1. The van der Waals surface area contributed by atoms with E-state index in [-0.39, 0.29) is 22.6 Å². The summed E-state index contributed by atoms with van der Waals surface area (Å²) in [7, 11) is 0. The SMILES string of the molecule is Nc1nc(/C(=N\O)C(=O)NC2C(=O)N3C(C(=O)O)=C(/C=C4\CCNC4=O)CCC23)ns1. The number of β-lactam (4-membered cyclic amide) rings is 1. The third-order valence-electron chi connectivity index (χ3n) is 5.25. The number of anilines is 1. The van der Waals surface area contributed by atoms with Gasteiger partial charge in [0.25, 0.3) is 11.8 Å². The molecule has 0 spiro atoms. The number of allylic oxidation sites excluding steroid dienone is 2. The summed E-state index contributed by atoms with van der Waals surface area (Å²) in [6.07, 6.45) is 2.69. The summed E-state index contributed by atoms with van der Waals surface area (Å²) in [5.41, 5.74) is 5.60. The maximum Gasteiger partial charge on any atom is 0.352 e. The van der Waals surface area contributed by atoms with Gasteiger partial charge in [-0.25, -0.2) is 4.79 Å². The Bertz CT molecular complexity index is 1090. The summed E-state index contributed by atoms with van der Waals surface area (Å²) in [6, 6.07) is -1.59. The molecule has 3 aliphatic rings. The lowest BCUT2D eigenvalue weighted by Gasteiger charge is -2.50. The average molecular weight is 447 g/mol. The predicted octanol–water partition coefficient (Wildman–Crippen LogP) is -1.43. The summed E-state index contributed by atoms with van der Waals surface area (Å²) in [6.45, 7) is 0.480. The van der Waals surface area contributed by atoms with Crippen molar-refractivity contribution in [3.63, 3.8) is 0 Å². The molecule has 3 aliphatic heterocycles. The first kappa shape index (κ1) is 20.5. The molecule has 6 N–H and O–H groups in total. The number of carbonyl (C=O) groups is 4. The second kappa shape index (κ2) is 7.79. The van der Waals surface area contributed by atoms with E-state index in [1.54, 1.807) is 0 Å². The van der Waals surface area contributed by atoms with Crippen LogP contribution < -0.4 is 16.4 Å². The minimum absolute atomic E-state index is 0.0657. The Morgan fingerprint density at radius 3 is 2.71 bits per heavy atom. The van der Waals surface area contributed by atoms with Crippen molar-refractivity contribution in [1.29, 1.82) is 0 Å². The van der Waals surface area contributed by atoms with Gasteiger partial charge < -0.3 is 26.7 Å². The molecule has 14 heteroatoms. The zero-order valence-electron chi connectivity index (χ0n) is 15.9. The molecule has 2 saturated heterocycles. The summed E-state index contributed by atoms with van der Waals surface area (Å²) >= 11 is 0.804. The highest BCUT2D eigenvalue weighted by Gasteiger charge is 2.53. The molecule has 0 bridgehead atoms. The van der Waals surface area contributed by atoms with Crippen LogP contribution in [0.4, 0.5) is 5.13 Å². The summed E-state index contributed by atoms with van der Waals surface area (Å²) in [5, 5.41) is 26.9. The van der Waals surface area contributed by atoms with Crippen molar-refractivity contribution < 1.29 is 29.5 Å². The molecule has 0 saturated carbocycles.